The van der Waals surface area contributed by atoms with Crippen LogP contribution in [0.3, 0.4) is 0 Å². The molecule has 1 aromatic heterocycles. The molecule has 0 aliphatic heterocycles. The Morgan fingerprint density at radius 3 is 2.54 bits per heavy atom. The molecule has 0 bridgehead atoms. The largest absolute Gasteiger partial charge is 0.482 e. The molecule has 4 nitrogen and oxygen atoms in total. The molecular weight excluding hydrogens is 428 g/mol. The van der Waals surface area contributed by atoms with Gasteiger partial charge >= 0.3 is 0 Å². The minimum absolute atomic E-state index is 0.0389. The number of carbonyl (C=O) groups is 1. The van der Waals surface area contributed by atoms with Crippen molar-refractivity contribution in [1.29, 1.82) is 0 Å². The maximum atomic E-state index is 14.2. The van der Waals surface area contributed by atoms with Gasteiger partial charge in [0.1, 0.15) is 17.3 Å². The van der Waals surface area contributed by atoms with Gasteiger partial charge in [0, 0.05) is 15.6 Å². The smallest absolute Gasteiger partial charge is 0.261 e. The van der Waals surface area contributed by atoms with Crippen molar-refractivity contribution in [3.8, 4) is 5.75 Å². The summed E-state index contributed by atoms with van der Waals surface area (Å²) in [5.74, 6) is -0.0141. The van der Waals surface area contributed by atoms with Gasteiger partial charge < -0.3 is 14.1 Å². The van der Waals surface area contributed by atoms with Crippen LogP contribution in [0.1, 0.15) is 11.3 Å². The van der Waals surface area contributed by atoms with Crippen molar-refractivity contribution in [3.05, 3.63) is 87.0 Å². The molecule has 0 saturated carbocycles. The number of halogens is 4. The standard InChI is InChI=1S/C20H15Cl3FNO3/c21-13-6-7-19(17(23)9-13)28-12-20(26)25(10-14-3-2-8-27-14)11-15-16(22)4-1-5-18(15)24/h1-9H,10-12H2. The highest BCUT2D eigenvalue weighted by atomic mass is 35.5. The Bertz CT molecular complexity index is 943. The minimum atomic E-state index is -0.494. The van der Waals surface area contributed by atoms with Crippen molar-refractivity contribution in [2.45, 2.75) is 13.1 Å². The lowest BCUT2D eigenvalue weighted by atomic mass is 10.2. The molecule has 146 valence electrons. The van der Waals surface area contributed by atoms with Crippen LogP contribution < -0.4 is 4.74 Å². The van der Waals surface area contributed by atoms with E-state index >= 15 is 0 Å². The number of furan rings is 1. The van der Waals surface area contributed by atoms with Crippen molar-refractivity contribution >= 4 is 40.7 Å². The van der Waals surface area contributed by atoms with E-state index in [1.54, 1.807) is 30.3 Å². The summed E-state index contributed by atoms with van der Waals surface area (Å²) in [7, 11) is 0. The van der Waals surface area contributed by atoms with Crippen LogP contribution in [0.4, 0.5) is 4.39 Å². The molecule has 0 aliphatic rings. The summed E-state index contributed by atoms with van der Waals surface area (Å²) in [6.07, 6.45) is 1.50. The topological polar surface area (TPSA) is 42.7 Å². The number of hydrogen-bond acceptors (Lipinski definition) is 3. The Morgan fingerprint density at radius 2 is 1.86 bits per heavy atom. The van der Waals surface area contributed by atoms with Crippen LogP contribution in [0.5, 0.6) is 5.75 Å². The van der Waals surface area contributed by atoms with Crippen LogP contribution >= 0.6 is 34.8 Å². The van der Waals surface area contributed by atoms with Crippen molar-refractivity contribution in [2.24, 2.45) is 0 Å². The lowest BCUT2D eigenvalue weighted by Crippen LogP contribution is -2.34. The highest BCUT2D eigenvalue weighted by Gasteiger charge is 2.20. The van der Waals surface area contributed by atoms with E-state index in [-0.39, 0.29) is 41.2 Å². The summed E-state index contributed by atoms with van der Waals surface area (Å²) < 4.78 is 25.0. The summed E-state index contributed by atoms with van der Waals surface area (Å²) in [5, 5.41) is 0.978. The quantitative estimate of drug-likeness (QED) is 0.451. The van der Waals surface area contributed by atoms with E-state index in [1.807, 2.05) is 0 Å². The van der Waals surface area contributed by atoms with Crippen LogP contribution in [-0.4, -0.2) is 17.4 Å². The molecule has 0 unspecified atom stereocenters. The fourth-order valence-electron chi connectivity index (χ4n) is 2.52. The Balaban J connectivity index is 1.76. The Labute approximate surface area is 176 Å². The molecule has 3 aromatic rings. The van der Waals surface area contributed by atoms with E-state index in [2.05, 4.69) is 0 Å². The zero-order chi connectivity index (χ0) is 20.1. The first-order chi connectivity index (χ1) is 13.4. The number of hydrogen-bond donors (Lipinski definition) is 0. The van der Waals surface area contributed by atoms with Crippen LogP contribution in [0.25, 0.3) is 0 Å². The maximum Gasteiger partial charge on any atom is 0.261 e. The predicted molar refractivity (Wildman–Crippen MR) is 106 cm³/mol. The van der Waals surface area contributed by atoms with Crippen LogP contribution in [0.15, 0.2) is 59.2 Å². The van der Waals surface area contributed by atoms with Gasteiger partial charge in [0.25, 0.3) is 5.91 Å². The zero-order valence-corrected chi connectivity index (χ0v) is 16.8. The number of carbonyl (C=O) groups excluding carboxylic acids is 1. The third-order valence-electron chi connectivity index (χ3n) is 3.94. The van der Waals surface area contributed by atoms with Gasteiger partial charge in [-0.25, -0.2) is 4.39 Å². The maximum absolute atomic E-state index is 14.2. The summed E-state index contributed by atoms with van der Waals surface area (Å²) in [4.78, 5) is 14.2. The molecule has 1 amide bonds. The fraction of sp³-hybridized carbons (Fsp3) is 0.150. The molecular formula is C20H15Cl3FNO3. The molecule has 2 aromatic carbocycles. The second-order valence-corrected chi connectivity index (χ2v) is 7.14. The van der Waals surface area contributed by atoms with E-state index in [1.165, 1.54) is 29.4 Å². The molecule has 3 rings (SSSR count). The second-order valence-electron chi connectivity index (χ2n) is 5.89. The number of benzene rings is 2. The first kappa shape index (κ1) is 20.5. The normalized spacial score (nSPS) is 10.7. The minimum Gasteiger partial charge on any atom is -0.482 e. The number of rotatable bonds is 7. The second kappa shape index (κ2) is 9.32. The molecule has 0 N–H and O–H groups in total. The third-order valence-corrected chi connectivity index (χ3v) is 4.82. The zero-order valence-electron chi connectivity index (χ0n) is 14.5. The molecule has 8 heteroatoms. The van der Waals surface area contributed by atoms with Gasteiger partial charge in [-0.2, -0.15) is 0 Å². The molecule has 0 aliphatic carbocycles. The lowest BCUT2D eigenvalue weighted by Gasteiger charge is -2.23. The van der Waals surface area contributed by atoms with Crippen molar-refractivity contribution in [3.63, 3.8) is 0 Å². The summed E-state index contributed by atoms with van der Waals surface area (Å²) in [6.45, 7) is -0.203. The highest BCUT2D eigenvalue weighted by molar-refractivity contribution is 6.35. The van der Waals surface area contributed by atoms with E-state index < -0.39 is 5.82 Å². The molecule has 0 fully saturated rings. The van der Waals surface area contributed by atoms with Crippen molar-refractivity contribution < 1.29 is 18.3 Å². The average molecular weight is 443 g/mol. The molecule has 0 atom stereocenters. The van der Waals surface area contributed by atoms with Crippen molar-refractivity contribution in [1.82, 2.24) is 4.90 Å². The predicted octanol–water partition coefficient (Wildman–Crippen LogP) is 5.99. The molecule has 0 spiro atoms. The summed E-state index contributed by atoms with van der Waals surface area (Å²) in [6, 6.07) is 12.5. The third kappa shape index (κ3) is 5.19. The average Bonchev–Trinajstić information content (AvgIpc) is 3.16. The van der Waals surface area contributed by atoms with Gasteiger partial charge in [-0.1, -0.05) is 40.9 Å². The first-order valence-corrected chi connectivity index (χ1v) is 9.38. The Hall–Kier alpha value is -2.21. The van der Waals surface area contributed by atoms with Gasteiger partial charge in [0.05, 0.1) is 24.4 Å². The fourth-order valence-corrected chi connectivity index (χ4v) is 3.21. The van der Waals surface area contributed by atoms with Crippen LogP contribution in [0, 0.1) is 5.82 Å². The Morgan fingerprint density at radius 1 is 1.04 bits per heavy atom. The van der Waals surface area contributed by atoms with Crippen LogP contribution in [-0.2, 0) is 17.9 Å². The van der Waals surface area contributed by atoms with E-state index in [4.69, 9.17) is 44.0 Å². The van der Waals surface area contributed by atoms with Crippen LogP contribution in [0.2, 0.25) is 15.1 Å². The monoisotopic (exact) mass is 441 g/mol. The van der Waals surface area contributed by atoms with Gasteiger partial charge in [0.2, 0.25) is 0 Å². The molecule has 0 radical (unpaired) electrons. The van der Waals surface area contributed by atoms with Gasteiger partial charge in [-0.05, 0) is 42.5 Å². The van der Waals surface area contributed by atoms with E-state index in [0.29, 0.717) is 16.5 Å². The lowest BCUT2D eigenvalue weighted by molar-refractivity contribution is -0.134. The number of amides is 1. The van der Waals surface area contributed by atoms with Gasteiger partial charge in [-0.3, -0.25) is 4.79 Å². The van der Waals surface area contributed by atoms with Gasteiger partial charge in [0.15, 0.2) is 6.61 Å². The molecule has 28 heavy (non-hydrogen) atoms. The van der Waals surface area contributed by atoms with Crippen molar-refractivity contribution in [2.75, 3.05) is 6.61 Å². The Kier molecular flexibility index (Phi) is 6.83. The first-order valence-electron chi connectivity index (χ1n) is 8.25. The molecule has 0 saturated heterocycles. The molecule has 1 heterocycles. The number of ether oxygens (including phenoxy) is 1. The van der Waals surface area contributed by atoms with E-state index in [0.717, 1.165) is 0 Å². The summed E-state index contributed by atoms with van der Waals surface area (Å²) in [5.41, 5.74) is 0.216. The SMILES string of the molecule is O=C(COc1ccc(Cl)cc1Cl)N(Cc1ccco1)Cc1c(F)cccc1Cl. The van der Waals surface area contributed by atoms with Gasteiger partial charge in [-0.15, -0.1) is 0 Å². The number of nitrogens with zero attached hydrogens (tertiary/aromatic N) is 1. The summed E-state index contributed by atoms with van der Waals surface area (Å²) >= 11 is 18.0. The highest BCUT2D eigenvalue weighted by Crippen LogP contribution is 2.28. The van der Waals surface area contributed by atoms with E-state index in [9.17, 15) is 9.18 Å².